The molecule has 2 amide bonds. The molecule has 2 aromatic rings. The van der Waals surface area contributed by atoms with Crippen LogP contribution in [0.2, 0.25) is 0 Å². The molecule has 174 valence electrons. The van der Waals surface area contributed by atoms with E-state index in [9.17, 15) is 19.5 Å². The number of carboxylic acids is 1. The average molecular weight is 451 g/mol. The number of carbonyl (C=O) groups is 3. The van der Waals surface area contributed by atoms with Gasteiger partial charge in [0.15, 0.2) is 0 Å². The van der Waals surface area contributed by atoms with Crippen molar-refractivity contribution in [3.8, 4) is 11.1 Å². The average Bonchev–Trinajstić information content (AvgIpc) is 3.40. The lowest BCUT2D eigenvalue weighted by Gasteiger charge is -2.31. The van der Waals surface area contributed by atoms with E-state index in [1.165, 1.54) is 0 Å². The quantitative estimate of drug-likeness (QED) is 0.664. The number of fused-ring (bicyclic) bond motifs is 3. The molecule has 2 aromatic carbocycles. The Morgan fingerprint density at radius 2 is 1.67 bits per heavy atom. The van der Waals surface area contributed by atoms with Crippen LogP contribution >= 0.6 is 0 Å². The zero-order valence-corrected chi connectivity index (χ0v) is 19.0. The van der Waals surface area contributed by atoms with E-state index in [1.807, 2.05) is 50.2 Å². The number of nitrogens with zero attached hydrogens (tertiary/aromatic N) is 1. The summed E-state index contributed by atoms with van der Waals surface area (Å²) in [6.45, 7) is 4.76. The van der Waals surface area contributed by atoms with E-state index in [0.717, 1.165) is 35.1 Å². The first-order valence-electron chi connectivity index (χ1n) is 11.5. The molecule has 7 nitrogen and oxygen atoms in total. The maximum Gasteiger partial charge on any atom is 0.407 e. The molecule has 33 heavy (non-hydrogen) atoms. The van der Waals surface area contributed by atoms with Gasteiger partial charge >= 0.3 is 12.1 Å². The third kappa shape index (κ3) is 4.72. The standard InChI is InChI=1S/C26H30N2O5/c1-16(2)23-12-7-13-28(23)25(31)22(14-24(29)30)27-26(32)33-15-21-19-10-5-3-8-17(19)18-9-4-6-11-20(18)21/h3-6,8-11,16,21-23H,7,12-15H2,1-2H3,(H,27,32)(H,29,30). The van der Waals surface area contributed by atoms with Gasteiger partial charge < -0.3 is 20.1 Å². The number of aliphatic carboxylic acids is 1. The summed E-state index contributed by atoms with van der Waals surface area (Å²) < 4.78 is 5.53. The van der Waals surface area contributed by atoms with E-state index in [2.05, 4.69) is 17.4 Å². The Balaban J connectivity index is 1.44. The molecular weight excluding hydrogens is 420 g/mol. The number of carbonyl (C=O) groups excluding carboxylic acids is 2. The highest BCUT2D eigenvalue weighted by atomic mass is 16.5. The van der Waals surface area contributed by atoms with E-state index < -0.39 is 24.5 Å². The Bertz CT molecular complexity index is 1000. The molecule has 1 fully saturated rings. The molecule has 0 saturated carbocycles. The Hall–Kier alpha value is -3.35. The van der Waals surface area contributed by atoms with Gasteiger partial charge in [-0.25, -0.2) is 4.79 Å². The third-order valence-corrected chi connectivity index (χ3v) is 6.66. The molecule has 7 heteroatoms. The molecule has 2 N–H and O–H groups in total. The normalized spacial score (nSPS) is 18.0. The van der Waals surface area contributed by atoms with Crippen LogP contribution in [0.25, 0.3) is 11.1 Å². The van der Waals surface area contributed by atoms with Crippen LogP contribution in [-0.4, -0.2) is 53.2 Å². The third-order valence-electron chi connectivity index (χ3n) is 6.66. The summed E-state index contributed by atoms with van der Waals surface area (Å²) in [5.41, 5.74) is 4.41. The minimum Gasteiger partial charge on any atom is -0.481 e. The summed E-state index contributed by atoms with van der Waals surface area (Å²) in [6.07, 6.45) is 0.495. The van der Waals surface area contributed by atoms with Crippen LogP contribution < -0.4 is 5.32 Å². The monoisotopic (exact) mass is 450 g/mol. The van der Waals surface area contributed by atoms with Crippen LogP contribution in [0, 0.1) is 5.92 Å². The summed E-state index contributed by atoms with van der Waals surface area (Å²) in [5, 5.41) is 11.8. The van der Waals surface area contributed by atoms with Crippen molar-refractivity contribution in [2.24, 2.45) is 5.92 Å². The molecule has 1 aliphatic heterocycles. The van der Waals surface area contributed by atoms with Gasteiger partial charge in [0.05, 0.1) is 6.42 Å². The minimum absolute atomic E-state index is 0.0538. The number of nitrogens with one attached hydrogen (secondary N) is 1. The second-order valence-electron chi connectivity index (χ2n) is 9.11. The summed E-state index contributed by atoms with van der Waals surface area (Å²) in [7, 11) is 0. The van der Waals surface area contributed by atoms with Crippen LogP contribution in [0.5, 0.6) is 0 Å². The first-order chi connectivity index (χ1) is 15.9. The van der Waals surface area contributed by atoms with E-state index in [1.54, 1.807) is 4.90 Å². The minimum atomic E-state index is -1.16. The number of hydrogen-bond acceptors (Lipinski definition) is 4. The number of alkyl carbamates (subject to hydrolysis) is 1. The summed E-state index contributed by atoms with van der Waals surface area (Å²) in [6, 6.07) is 14.9. The first kappa shape index (κ1) is 22.8. The van der Waals surface area contributed by atoms with Crippen LogP contribution in [0.1, 0.15) is 50.2 Å². The largest absolute Gasteiger partial charge is 0.481 e. The number of likely N-dealkylation sites (tertiary alicyclic amines) is 1. The van der Waals surface area contributed by atoms with Crippen molar-refractivity contribution in [1.29, 1.82) is 0 Å². The van der Waals surface area contributed by atoms with Gasteiger partial charge in [-0.1, -0.05) is 62.4 Å². The second kappa shape index (κ2) is 9.65. The lowest BCUT2D eigenvalue weighted by molar-refractivity contribution is -0.143. The topological polar surface area (TPSA) is 95.9 Å². The highest BCUT2D eigenvalue weighted by molar-refractivity contribution is 5.89. The van der Waals surface area contributed by atoms with Crippen molar-refractivity contribution >= 4 is 18.0 Å². The Morgan fingerprint density at radius 1 is 1.06 bits per heavy atom. The summed E-state index contributed by atoms with van der Waals surface area (Å²) in [5.74, 6) is -1.35. The second-order valence-corrected chi connectivity index (χ2v) is 9.11. The molecule has 2 unspecified atom stereocenters. The van der Waals surface area contributed by atoms with Crippen molar-refractivity contribution in [2.45, 2.75) is 51.1 Å². The first-order valence-corrected chi connectivity index (χ1v) is 11.5. The highest BCUT2D eigenvalue weighted by Gasteiger charge is 2.37. The van der Waals surface area contributed by atoms with E-state index in [0.29, 0.717) is 6.54 Å². The van der Waals surface area contributed by atoms with Crippen molar-refractivity contribution < 1.29 is 24.2 Å². The predicted octanol–water partition coefficient (Wildman–Crippen LogP) is 4.02. The van der Waals surface area contributed by atoms with Crippen molar-refractivity contribution in [1.82, 2.24) is 10.2 Å². The summed E-state index contributed by atoms with van der Waals surface area (Å²) >= 11 is 0. The molecule has 0 bridgehead atoms. The fourth-order valence-electron chi connectivity index (χ4n) is 5.12. The molecule has 0 radical (unpaired) electrons. The molecule has 1 aliphatic carbocycles. The fraction of sp³-hybridized carbons (Fsp3) is 0.423. The highest BCUT2D eigenvalue weighted by Crippen LogP contribution is 2.44. The fourth-order valence-corrected chi connectivity index (χ4v) is 5.12. The van der Waals surface area contributed by atoms with Crippen molar-refractivity contribution in [2.75, 3.05) is 13.2 Å². The SMILES string of the molecule is CC(C)C1CCCN1C(=O)C(CC(=O)O)NC(=O)OCC1c2ccccc2-c2ccccc21. The molecule has 0 aromatic heterocycles. The van der Waals surface area contributed by atoms with Gasteiger partial charge in [0.1, 0.15) is 12.6 Å². The number of rotatable bonds is 7. The van der Waals surface area contributed by atoms with Crippen molar-refractivity contribution in [3.63, 3.8) is 0 Å². The molecule has 2 atom stereocenters. The van der Waals surface area contributed by atoms with Gasteiger partial charge in [-0.3, -0.25) is 9.59 Å². The number of benzene rings is 2. The van der Waals surface area contributed by atoms with E-state index in [4.69, 9.17) is 4.74 Å². The van der Waals surface area contributed by atoms with E-state index >= 15 is 0 Å². The molecule has 1 saturated heterocycles. The maximum absolute atomic E-state index is 13.1. The smallest absolute Gasteiger partial charge is 0.407 e. The zero-order chi connectivity index (χ0) is 23.5. The van der Waals surface area contributed by atoms with E-state index in [-0.39, 0.29) is 30.4 Å². The maximum atomic E-state index is 13.1. The van der Waals surface area contributed by atoms with Crippen LogP contribution in [0.15, 0.2) is 48.5 Å². The van der Waals surface area contributed by atoms with Crippen LogP contribution in [-0.2, 0) is 14.3 Å². The van der Waals surface area contributed by atoms with Crippen LogP contribution in [0.4, 0.5) is 4.79 Å². The summed E-state index contributed by atoms with van der Waals surface area (Å²) in [4.78, 5) is 38.9. The number of ether oxygens (including phenoxy) is 1. The molecule has 1 heterocycles. The van der Waals surface area contributed by atoms with Gasteiger partial charge in [0, 0.05) is 18.5 Å². The Morgan fingerprint density at radius 3 is 2.24 bits per heavy atom. The molecule has 4 rings (SSSR count). The van der Waals surface area contributed by atoms with Gasteiger partial charge in [0.2, 0.25) is 5.91 Å². The van der Waals surface area contributed by atoms with Gasteiger partial charge in [-0.2, -0.15) is 0 Å². The van der Waals surface area contributed by atoms with Gasteiger partial charge in [-0.15, -0.1) is 0 Å². The Labute approximate surface area is 193 Å². The predicted molar refractivity (Wildman–Crippen MR) is 124 cm³/mol. The van der Waals surface area contributed by atoms with Crippen LogP contribution in [0.3, 0.4) is 0 Å². The molecule has 2 aliphatic rings. The van der Waals surface area contributed by atoms with Crippen molar-refractivity contribution in [3.05, 3.63) is 59.7 Å². The number of amides is 2. The lowest BCUT2D eigenvalue weighted by atomic mass is 9.98. The van der Waals surface area contributed by atoms with Gasteiger partial charge in [0.25, 0.3) is 0 Å². The molecular formula is C26H30N2O5. The number of hydrogen-bond donors (Lipinski definition) is 2. The number of carboxylic acid groups (broad SMARTS) is 1. The van der Waals surface area contributed by atoms with Gasteiger partial charge in [-0.05, 0) is 41.0 Å². The lowest BCUT2D eigenvalue weighted by Crippen LogP contribution is -2.52. The Kier molecular flexibility index (Phi) is 6.67. The zero-order valence-electron chi connectivity index (χ0n) is 19.0. The molecule has 0 spiro atoms.